The first-order valence-corrected chi connectivity index (χ1v) is 12.9. The number of hydrogen-bond acceptors (Lipinski definition) is 6. The van der Waals surface area contributed by atoms with Crippen LogP contribution in [0.1, 0.15) is 60.8 Å². The van der Waals surface area contributed by atoms with Crippen molar-refractivity contribution in [1.82, 2.24) is 15.1 Å². The first-order chi connectivity index (χ1) is 15.6. The Hall–Kier alpha value is -1.58. The average molecular weight is 491 g/mol. The second kappa shape index (κ2) is 26.7. The highest BCUT2D eigenvalue weighted by Crippen LogP contribution is 2.16. The summed E-state index contributed by atoms with van der Waals surface area (Å²) in [6.07, 6.45) is 3.70. The minimum Gasteiger partial charge on any atom is -0.483 e. The van der Waals surface area contributed by atoms with Gasteiger partial charge in [-0.1, -0.05) is 40.7 Å². The largest absolute Gasteiger partial charge is 0.483 e. The molecule has 0 unspecified atom stereocenters. The van der Waals surface area contributed by atoms with Crippen LogP contribution in [-0.2, 0) is 9.53 Å². The first kappa shape index (κ1) is 36.0. The molecule has 0 rings (SSSR count). The summed E-state index contributed by atoms with van der Waals surface area (Å²) >= 11 is 1.77. The molecule has 0 spiro atoms. The van der Waals surface area contributed by atoms with Crippen molar-refractivity contribution >= 4 is 29.3 Å². The van der Waals surface area contributed by atoms with Gasteiger partial charge >= 0.3 is 6.03 Å². The summed E-state index contributed by atoms with van der Waals surface area (Å²) in [6, 6.07) is -0.0915. The van der Waals surface area contributed by atoms with Crippen LogP contribution in [0.2, 0.25) is 0 Å². The Morgan fingerprint density at radius 2 is 1.79 bits per heavy atom. The normalized spacial score (nSPS) is 10.7. The quantitative estimate of drug-likeness (QED) is 0.157. The van der Waals surface area contributed by atoms with Gasteiger partial charge in [-0.25, -0.2) is 9.79 Å². The molecule has 0 fully saturated rings. The third-order valence-electron chi connectivity index (χ3n) is 4.03. The Morgan fingerprint density at radius 3 is 2.24 bits per heavy atom. The maximum Gasteiger partial charge on any atom is 0.317 e. The van der Waals surface area contributed by atoms with Crippen molar-refractivity contribution in [3.8, 4) is 0 Å². The number of ether oxygens (including phenoxy) is 1. The number of nitrogens with zero attached hydrogens (tertiary/aromatic N) is 3. The van der Waals surface area contributed by atoms with Gasteiger partial charge in [0.25, 0.3) is 6.47 Å². The second-order valence-corrected chi connectivity index (χ2v) is 8.79. The maximum atomic E-state index is 11.6. The monoisotopic (exact) mass is 490 g/mol. The molecule has 0 bridgehead atoms. The van der Waals surface area contributed by atoms with Gasteiger partial charge < -0.3 is 25.0 Å². The van der Waals surface area contributed by atoms with Gasteiger partial charge in [0.2, 0.25) is 0 Å². The van der Waals surface area contributed by atoms with Gasteiger partial charge in [0.1, 0.15) is 0 Å². The highest BCUT2D eigenvalue weighted by atomic mass is 32.2. The molecule has 0 aliphatic carbocycles. The van der Waals surface area contributed by atoms with Gasteiger partial charge in [-0.2, -0.15) is 0 Å². The van der Waals surface area contributed by atoms with E-state index in [-0.39, 0.29) is 12.5 Å². The number of unbranched alkanes of at least 4 members (excludes halogenated alkanes) is 1. The predicted octanol–water partition coefficient (Wildman–Crippen LogP) is 4.81. The number of thioether (sulfide) groups is 1. The number of likely N-dealkylation sites (N-methyl/N-ethyl adjacent to an activating group) is 2. The molecule has 0 aliphatic rings. The SMILES string of the molecule is C=C(CN(C)C(=O)NCC)N=C(SCCC)C(C)C.CCCCN(C)CCOCC.O=CO. The molecular formula is C24H50N4O4S. The molecule has 0 aromatic rings. The Bertz CT molecular complexity index is 517. The second-order valence-electron chi connectivity index (χ2n) is 7.67. The predicted molar refractivity (Wildman–Crippen MR) is 143 cm³/mol. The molecule has 0 aromatic heterocycles. The molecule has 9 heteroatoms. The lowest BCUT2D eigenvalue weighted by Gasteiger charge is -2.18. The van der Waals surface area contributed by atoms with Crippen LogP contribution < -0.4 is 5.32 Å². The van der Waals surface area contributed by atoms with Crippen molar-refractivity contribution in [3.05, 3.63) is 12.3 Å². The van der Waals surface area contributed by atoms with Crippen molar-refractivity contribution < 1.29 is 19.4 Å². The van der Waals surface area contributed by atoms with Crippen molar-refractivity contribution in [3.63, 3.8) is 0 Å². The van der Waals surface area contributed by atoms with E-state index < -0.39 is 0 Å². The molecule has 2 amide bonds. The Balaban J connectivity index is -0.000000542. The molecular weight excluding hydrogens is 440 g/mol. The van der Waals surface area contributed by atoms with Crippen LogP contribution in [0.5, 0.6) is 0 Å². The van der Waals surface area contributed by atoms with Crippen molar-refractivity contribution in [2.24, 2.45) is 10.9 Å². The molecule has 8 nitrogen and oxygen atoms in total. The summed E-state index contributed by atoms with van der Waals surface area (Å²) in [5, 5.41) is 10.7. The highest BCUT2D eigenvalue weighted by molar-refractivity contribution is 8.13. The van der Waals surface area contributed by atoms with Crippen molar-refractivity contribution in [2.75, 3.05) is 59.2 Å². The smallest absolute Gasteiger partial charge is 0.317 e. The lowest BCUT2D eigenvalue weighted by molar-refractivity contribution is -0.122. The third kappa shape index (κ3) is 26.6. The van der Waals surface area contributed by atoms with E-state index in [4.69, 9.17) is 14.6 Å². The minimum absolute atomic E-state index is 0.0915. The number of carboxylic acid groups (broad SMARTS) is 1. The summed E-state index contributed by atoms with van der Waals surface area (Å²) in [4.78, 5) is 28.4. The van der Waals surface area contributed by atoms with Crippen molar-refractivity contribution in [2.45, 2.75) is 60.8 Å². The number of carbonyl (C=O) groups is 2. The van der Waals surface area contributed by atoms with Crippen LogP contribution in [0, 0.1) is 5.92 Å². The van der Waals surface area contributed by atoms with E-state index >= 15 is 0 Å². The molecule has 0 heterocycles. The molecule has 0 aromatic carbocycles. The van der Waals surface area contributed by atoms with E-state index in [0.29, 0.717) is 19.0 Å². The van der Waals surface area contributed by atoms with E-state index in [0.717, 1.165) is 42.7 Å². The van der Waals surface area contributed by atoms with Gasteiger partial charge in [-0.05, 0) is 46.0 Å². The lowest BCUT2D eigenvalue weighted by atomic mass is 10.2. The third-order valence-corrected chi connectivity index (χ3v) is 5.50. The fourth-order valence-electron chi connectivity index (χ4n) is 2.26. The molecule has 0 aliphatic heterocycles. The molecule has 0 radical (unpaired) electrons. The summed E-state index contributed by atoms with van der Waals surface area (Å²) < 4.78 is 5.24. The summed E-state index contributed by atoms with van der Waals surface area (Å²) in [5.74, 6) is 1.46. The van der Waals surface area contributed by atoms with Crippen LogP contribution in [0.4, 0.5) is 4.79 Å². The highest BCUT2D eigenvalue weighted by Gasteiger charge is 2.10. The topological polar surface area (TPSA) is 94.5 Å². The maximum absolute atomic E-state index is 11.6. The van der Waals surface area contributed by atoms with Gasteiger partial charge in [-0.15, -0.1) is 11.8 Å². The number of amides is 2. The molecule has 0 saturated carbocycles. The van der Waals surface area contributed by atoms with Crippen molar-refractivity contribution in [1.29, 1.82) is 0 Å². The van der Waals surface area contributed by atoms with Crippen LogP contribution in [0.25, 0.3) is 0 Å². The summed E-state index contributed by atoms with van der Waals surface area (Å²) in [7, 11) is 3.90. The zero-order valence-electron chi connectivity index (χ0n) is 22.4. The van der Waals surface area contributed by atoms with Crippen LogP contribution >= 0.6 is 11.8 Å². The van der Waals surface area contributed by atoms with E-state index in [2.05, 4.69) is 56.5 Å². The Kier molecular flexibility index (Phi) is 29.1. The number of rotatable bonds is 14. The number of hydrogen-bond donors (Lipinski definition) is 2. The minimum atomic E-state index is -0.250. The van der Waals surface area contributed by atoms with Gasteiger partial charge in [0, 0.05) is 32.7 Å². The molecule has 196 valence electrons. The summed E-state index contributed by atoms with van der Waals surface area (Å²) in [6.45, 7) is 21.3. The Morgan fingerprint density at radius 1 is 1.18 bits per heavy atom. The Labute approximate surface area is 207 Å². The standard InChI is InChI=1S/C14H27N3OS.C9H21NO.CH2O2/c1-7-9-19-13(11(3)4)16-12(5)10-17(6)14(18)15-8-2;1-4-6-7-10(3)8-9-11-5-2;2-1-3/h11H,5,7-10H2,1-4,6H3,(H,15,18);4-9H2,1-3H3;1H,(H,2,3). The first-order valence-electron chi connectivity index (χ1n) is 11.9. The zero-order valence-corrected chi connectivity index (χ0v) is 23.2. The number of nitrogens with one attached hydrogen (secondary N) is 1. The fraction of sp³-hybridized carbons (Fsp3) is 0.792. The van der Waals surface area contributed by atoms with E-state index in [1.54, 1.807) is 23.7 Å². The van der Waals surface area contributed by atoms with Gasteiger partial charge in [0.05, 0.1) is 23.9 Å². The van der Waals surface area contributed by atoms with Crippen LogP contribution in [0.3, 0.4) is 0 Å². The van der Waals surface area contributed by atoms with Gasteiger partial charge in [0.15, 0.2) is 0 Å². The van der Waals surface area contributed by atoms with Crippen LogP contribution in [0.15, 0.2) is 17.3 Å². The number of carbonyl (C=O) groups excluding carboxylic acids is 1. The van der Waals surface area contributed by atoms with Gasteiger partial charge in [-0.3, -0.25) is 4.79 Å². The number of aliphatic imine (C=N–C) groups is 1. The molecule has 33 heavy (non-hydrogen) atoms. The zero-order chi connectivity index (χ0) is 26.1. The molecule has 0 atom stereocenters. The summed E-state index contributed by atoms with van der Waals surface area (Å²) in [5.41, 5.74) is 0.723. The van der Waals surface area contributed by atoms with E-state index in [9.17, 15) is 4.79 Å². The lowest BCUT2D eigenvalue weighted by Crippen LogP contribution is -2.37. The molecule has 2 N–H and O–H groups in total. The van der Waals surface area contributed by atoms with E-state index in [1.807, 2.05) is 13.8 Å². The fourth-order valence-corrected chi connectivity index (χ4v) is 3.20. The molecule has 0 saturated heterocycles. The van der Waals surface area contributed by atoms with Crippen LogP contribution in [-0.4, -0.2) is 91.7 Å². The number of urea groups is 1. The average Bonchev–Trinajstić information content (AvgIpc) is 2.76. The van der Waals surface area contributed by atoms with E-state index in [1.165, 1.54) is 19.4 Å².